The number of hydrogen-bond acceptors (Lipinski definition) is 4. The summed E-state index contributed by atoms with van der Waals surface area (Å²) < 4.78 is 5.25. The Morgan fingerprint density at radius 3 is 2.50 bits per heavy atom. The first-order valence-electron chi connectivity index (χ1n) is 5.90. The highest BCUT2D eigenvalue weighted by molar-refractivity contribution is 5.70. The lowest BCUT2D eigenvalue weighted by atomic mass is 9.70. The van der Waals surface area contributed by atoms with Crippen LogP contribution in [-0.2, 0) is 9.53 Å². The van der Waals surface area contributed by atoms with Crippen LogP contribution in [0.25, 0.3) is 0 Å². The maximum atomic E-state index is 11.5. The predicted molar refractivity (Wildman–Crippen MR) is 61.7 cm³/mol. The van der Waals surface area contributed by atoms with Crippen molar-refractivity contribution in [2.45, 2.75) is 51.7 Å². The summed E-state index contributed by atoms with van der Waals surface area (Å²) in [5.74, 6) is 0.628. The van der Waals surface area contributed by atoms with Gasteiger partial charge in [-0.15, -0.1) is 0 Å². The van der Waals surface area contributed by atoms with E-state index in [4.69, 9.17) is 15.6 Å². The van der Waals surface area contributed by atoms with Gasteiger partial charge in [-0.1, -0.05) is 0 Å². The van der Waals surface area contributed by atoms with Crippen molar-refractivity contribution in [2.24, 2.45) is 17.6 Å². The van der Waals surface area contributed by atoms with Crippen molar-refractivity contribution in [2.75, 3.05) is 6.61 Å². The zero-order valence-electron chi connectivity index (χ0n) is 10.4. The van der Waals surface area contributed by atoms with Crippen LogP contribution >= 0.6 is 0 Å². The molecular formula is C12H23NO3. The summed E-state index contributed by atoms with van der Waals surface area (Å²) in [6.45, 7) is 5.65. The average Bonchev–Trinajstić information content (AvgIpc) is 2.06. The minimum atomic E-state index is -0.401. The predicted octanol–water partition coefficient (Wildman–Crippen LogP) is 1.06. The van der Waals surface area contributed by atoms with Gasteiger partial charge in [-0.2, -0.15) is 0 Å². The van der Waals surface area contributed by atoms with Crippen molar-refractivity contribution in [1.29, 1.82) is 0 Å². The van der Waals surface area contributed by atoms with E-state index >= 15 is 0 Å². The van der Waals surface area contributed by atoms with Gasteiger partial charge in [-0.3, -0.25) is 4.79 Å². The lowest BCUT2D eigenvalue weighted by Gasteiger charge is -2.38. The van der Waals surface area contributed by atoms with Gasteiger partial charge >= 0.3 is 5.97 Å². The van der Waals surface area contributed by atoms with E-state index in [1.165, 1.54) is 0 Å². The van der Waals surface area contributed by atoms with E-state index in [-0.39, 0.29) is 18.6 Å². The van der Waals surface area contributed by atoms with Crippen molar-refractivity contribution >= 4 is 5.97 Å². The van der Waals surface area contributed by atoms with Crippen LogP contribution in [0.3, 0.4) is 0 Å². The molecule has 0 aromatic rings. The van der Waals surface area contributed by atoms with Gasteiger partial charge in [0.2, 0.25) is 0 Å². The average molecular weight is 229 g/mol. The van der Waals surface area contributed by atoms with Crippen molar-refractivity contribution in [3.8, 4) is 0 Å². The number of carbonyl (C=O) groups excluding carboxylic acids is 1. The topological polar surface area (TPSA) is 72.5 Å². The first kappa shape index (κ1) is 13.5. The molecule has 16 heavy (non-hydrogen) atoms. The van der Waals surface area contributed by atoms with Gasteiger partial charge in [-0.25, -0.2) is 0 Å². The lowest BCUT2D eigenvalue weighted by Crippen LogP contribution is -2.42. The maximum absolute atomic E-state index is 11.5. The third-order valence-corrected chi connectivity index (χ3v) is 2.96. The second kappa shape index (κ2) is 5.15. The summed E-state index contributed by atoms with van der Waals surface area (Å²) in [4.78, 5) is 11.5. The molecule has 0 unspecified atom stereocenters. The van der Waals surface area contributed by atoms with E-state index < -0.39 is 5.60 Å². The summed E-state index contributed by atoms with van der Waals surface area (Å²) in [6, 6.07) is -0.130. The number of aliphatic hydroxyl groups excluding tert-OH is 1. The summed E-state index contributed by atoms with van der Waals surface area (Å²) in [6.07, 6.45) is 2.34. The Labute approximate surface area is 97.2 Å². The number of ether oxygens (including phenoxy) is 1. The van der Waals surface area contributed by atoms with Crippen LogP contribution in [0.2, 0.25) is 0 Å². The monoisotopic (exact) mass is 229 g/mol. The summed E-state index contributed by atoms with van der Waals surface area (Å²) >= 11 is 0. The van der Waals surface area contributed by atoms with Gasteiger partial charge in [0.1, 0.15) is 5.60 Å². The van der Waals surface area contributed by atoms with Crippen LogP contribution in [0.4, 0.5) is 0 Å². The molecule has 0 bridgehead atoms. The number of hydrogen-bond donors (Lipinski definition) is 2. The Morgan fingerprint density at radius 1 is 1.50 bits per heavy atom. The summed E-state index contributed by atoms with van der Waals surface area (Å²) in [7, 11) is 0. The molecular weight excluding hydrogens is 206 g/mol. The van der Waals surface area contributed by atoms with Crippen molar-refractivity contribution in [1.82, 2.24) is 0 Å². The van der Waals surface area contributed by atoms with E-state index in [1.54, 1.807) is 0 Å². The molecule has 1 aliphatic carbocycles. The Kier molecular flexibility index (Phi) is 4.33. The first-order chi connectivity index (χ1) is 7.31. The minimum Gasteiger partial charge on any atom is -0.460 e. The third-order valence-electron chi connectivity index (χ3n) is 2.96. The van der Waals surface area contributed by atoms with Crippen LogP contribution in [0, 0.1) is 11.8 Å². The highest BCUT2D eigenvalue weighted by atomic mass is 16.6. The minimum absolute atomic E-state index is 0.0316. The molecule has 1 fully saturated rings. The quantitative estimate of drug-likeness (QED) is 0.707. The maximum Gasteiger partial charge on any atom is 0.306 e. The fourth-order valence-corrected chi connectivity index (χ4v) is 2.07. The van der Waals surface area contributed by atoms with Gasteiger partial charge in [-0.05, 0) is 45.4 Å². The Balaban J connectivity index is 2.20. The van der Waals surface area contributed by atoms with E-state index in [9.17, 15) is 4.79 Å². The third kappa shape index (κ3) is 4.10. The van der Waals surface area contributed by atoms with Gasteiger partial charge < -0.3 is 15.6 Å². The fourth-order valence-electron chi connectivity index (χ4n) is 2.07. The molecule has 4 nitrogen and oxygen atoms in total. The van der Waals surface area contributed by atoms with Crippen molar-refractivity contribution < 1.29 is 14.6 Å². The number of nitrogens with two attached hydrogens (primary N) is 1. The van der Waals surface area contributed by atoms with Crippen molar-refractivity contribution in [3.05, 3.63) is 0 Å². The molecule has 1 rings (SSSR count). The standard InChI is InChI=1S/C12H23NO3/c1-12(2,3)16-11(15)6-8-4-9(5-8)10(13)7-14/h8-10,14H,4-7,13H2,1-3H3/t8?,9?,10-/m0/s1. The van der Waals surface area contributed by atoms with Crippen LogP contribution in [-0.4, -0.2) is 29.3 Å². The highest BCUT2D eigenvalue weighted by Gasteiger charge is 2.35. The Hall–Kier alpha value is -0.610. The number of carbonyl (C=O) groups is 1. The van der Waals surface area contributed by atoms with Gasteiger partial charge in [0.25, 0.3) is 0 Å². The van der Waals surface area contributed by atoms with E-state index in [0.717, 1.165) is 12.8 Å². The molecule has 0 saturated heterocycles. The lowest BCUT2D eigenvalue weighted by molar-refractivity contribution is -0.157. The molecule has 0 amide bonds. The smallest absolute Gasteiger partial charge is 0.306 e. The van der Waals surface area contributed by atoms with Crippen molar-refractivity contribution in [3.63, 3.8) is 0 Å². The zero-order chi connectivity index (χ0) is 12.3. The highest BCUT2D eigenvalue weighted by Crippen LogP contribution is 2.38. The van der Waals surface area contributed by atoms with Gasteiger partial charge in [0.05, 0.1) is 6.61 Å². The van der Waals surface area contributed by atoms with Crippen LogP contribution in [0.15, 0.2) is 0 Å². The van der Waals surface area contributed by atoms with E-state index in [2.05, 4.69) is 0 Å². The molecule has 94 valence electrons. The molecule has 1 aliphatic rings. The Bertz CT molecular complexity index is 241. The van der Waals surface area contributed by atoms with Gasteiger partial charge in [0.15, 0.2) is 0 Å². The second-order valence-electron chi connectivity index (χ2n) is 5.73. The van der Waals surface area contributed by atoms with Gasteiger partial charge in [0, 0.05) is 12.5 Å². The molecule has 0 aliphatic heterocycles. The van der Waals surface area contributed by atoms with Crippen LogP contribution < -0.4 is 5.73 Å². The second-order valence-corrected chi connectivity index (χ2v) is 5.73. The molecule has 0 spiro atoms. The summed E-state index contributed by atoms with van der Waals surface area (Å²) in [5.41, 5.74) is 5.31. The molecule has 0 aromatic carbocycles. The zero-order valence-corrected chi connectivity index (χ0v) is 10.4. The van der Waals surface area contributed by atoms with E-state index in [0.29, 0.717) is 18.3 Å². The Morgan fingerprint density at radius 2 is 2.06 bits per heavy atom. The molecule has 4 heteroatoms. The molecule has 0 aromatic heterocycles. The van der Waals surface area contributed by atoms with E-state index in [1.807, 2.05) is 20.8 Å². The molecule has 1 saturated carbocycles. The molecule has 0 radical (unpaired) electrons. The number of esters is 1. The first-order valence-corrected chi connectivity index (χ1v) is 5.90. The van der Waals surface area contributed by atoms with Crippen LogP contribution in [0.5, 0.6) is 0 Å². The number of rotatable bonds is 4. The number of aliphatic hydroxyl groups is 1. The molecule has 0 heterocycles. The molecule has 1 atom stereocenters. The largest absolute Gasteiger partial charge is 0.460 e. The van der Waals surface area contributed by atoms with Crippen LogP contribution in [0.1, 0.15) is 40.0 Å². The SMILES string of the molecule is CC(C)(C)OC(=O)CC1CC([C@@H](N)CO)C1. The molecule has 3 N–H and O–H groups in total. The fraction of sp³-hybridized carbons (Fsp3) is 0.917. The summed E-state index contributed by atoms with van der Waals surface area (Å²) in [5, 5.41) is 8.87. The normalized spacial score (nSPS) is 27.1.